The monoisotopic (exact) mass is 159 g/mol. The van der Waals surface area contributed by atoms with E-state index in [1.54, 1.807) is 0 Å². The number of hydrogen-bond acceptors (Lipinski definition) is 1. The fraction of sp³-hybridized carbons (Fsp3) is 0.400. The third-order valence-electron chi connectivity index (χ3n) is 2.67. The van der Waals surface area contributed by atoms with Crippen LogP contribution in [0.15, 0.2) is 18.2 Å². The van der Waals surface area contributed by atoms with Crippen molar-refractivity contribution in [3.05, 3.63) is 23.8 Å². The van der Waals surface area contributed by atoms with Crippen molar-refractivity contribution in [3.8, 4) is 0 Å². The highest BCUT2D eigenvalue weighted by Gasteiger charge is 2.30. The van der Waals surface area contributed by atoms with Crippen LogP contribution >= 0.6 is 0 Å². The van der Waals surface area contributed by atoms with E-state index >= 15 is 0 Å². The van der Waals surface area contributed by atoms with Gasteiger partial charge in [-0.3, -0.25) is 0 Å². The first kappa shape index (κ1) is 7.72. The normalized spacial score (nSPS) is 18.5. The smallest absolute Gasteiger partial charge is 0.139 e. The molecule has 0 spiro atoms. The third-order valence-corrected chi connectivity index (χ3v) is 2.67. The molecule has 0 aliphatic carbocycles. The van der Waals surface area contributed by atoms with Crippen molar-refractivity contribution >= 4 is 19.0 Å². The molecule has 1 aromatic rings. The first-order chi connectivity index (χ1) is 5.61. The summed E-state index contributed by atoms with van der Waals surface area (Å²) in [6.45, 7) is 5.64. The van der Waals surface area contributed by atoms with E-state index in [0.29, 0.717) is 5.41 Å². The van der Waals surface area contributed by atoms with Crippen LogP contribution < -0.4 is 10.8 Å². The zero-order valence-electron chi connectivity index (χ0n) is 7.94. The average Bonchev–Trinajstić information content (AvgIpc) is 2.29. The molecule has 62 valence electrons. The maximum absolute atomic E-state index is 3.43. The summed E-state index contributed by atoms with van der Waals surface area (Å²) in [6, 6.07) is 6.47. The van der Waals surface area contributed by atoms with Crippen LogP contribution in [0.5, 0.6) is 0 Å². The summed E-state index contributed by atoms with van der Waals surface area (Å²) in [5, 5.41) is 3.43. The highest BCUT2D eigenvalue weighted by molar-refractivity contribution is 6.34. The zero-order chi connectivity index (χ0) is 8.77. The largest absolute Gasteiger partial charge is 0.384 e. The number of rotatable bonds is 0. The number of nitrogens with one attached hydrogen (secondary N) is 1. The summed E-state index contributed by atoms with van der Waals surface area (Å²) < 4.78 is 0. The van der Waals surface area contributed by atoms with E-state index in [1.165, 1.54) is 16.7 Å². The molecule has 2 rings (SSSR count). The van der Waals surface area contributed by atoms with Crippen LogP contribution in [0.1, 0.15) is 19.4 Å². The summed E-state index contributed by atoms with van der Waals surface area (Å²) in [4.78, 5) is 0. The van der Waals surface area contributed by atoms with Crippen LogP contribution in [0, 0.1) is 0 Å². The van der Waals surface area contributed by atoms with Crippen molar-refractivity contribution in [2.45, 2.75) is 19.3 Å². The van der Waals surface area contributed by atoms with Crippen molar-refractivity contribution in [1.82, 2.24) is 0 Å². The molecule has 0 saturated heterocycles. The fourth-order valence-electron chi connectivity index (χ4n) is 2.12. The lowest BCUT2D eigenvalue weighted by Crippen LogP contribution is -2.25. The fourth-order valence-corrected chi connectivity index (χ4v) is 2.12. The number of benzene rings is 1. The minimum atomic E-state index is 0.306. The standard InChI is InChI=1S/C10H14BN/c1-10(2)6-12-8-5-3-4-7(11)9(8)10/h3-5,12H,6,11H2,1-2H3. The van der Waals surface area contributed by atoms with Crippen LogP contribution in [0.25, 0.3) is 0 Å². The van der Waals surface area contributed by atoms with Crippen molar-refractivity contribution in [1.29, 1.82) is 0 Å². The maximum Gasteiger partial charge on any atom is 0.139 e. The Morgan fingerprint density at radius 3 is 2.83 bits per heavy atom. The van der Waals surface area contributed by atoms with Crippen molar-refractivity contribution in [3.63, 3.8) is 0 Å². The molecule has 0 radical (unpaired) electrons. The van der Waals surface area contributed by atoms with Crippen LogP contribution in [0.3, 0.4) is 0 Å². The Kier molecular flexibility index (Phi) is 1.47. The molecule has 1 aliphatic rings. The van der Waals surface area contributed by atoms with Gasteiger partial charge in [0.25, 0.3) is 0 Å². The number of anilines is 1. The van der Waals surface area contributed by atoms with Gasteiger partial charge in [-0.2, -0.15) is 0 Å². The van der Waals surface area contributed by atoms with E-state index in [1.807, 2.05) is 0 Å². The second-order valence-electron chi connectivity index (χ2n) is 4.23. The SMILES string of the molecule is Bc1cccc2c1C(C)(C)CN2. The molecule has 2 heteroatoms. The zero-order valence-corrected chi connectivity index (χ0v) is 7.94. The molecule has 0 fully saturated rings. The van der Waals surface area contributed by atoms with Crippen LogP contribution in [0.4, 0.5) is 5.69 Å². The quantitative estimate of drug-likeness (QED) is 0.548. The molecule has 0 aromatic heterocycles. The van der Waals surface area contributed by atoms with Gasteiger partial charge in [-0.25, -0.2) is 0 Å². The third kappa shape index (κ3) is 0.944. The number of fused-ring (bicyclic) bond motifs is 1. The number of hydrogen-bond donors (Lipinski definition) is 1. The summed E-state index contributed by atoms with van der Waals surface area (Å²) in [7, 11) is 2.19. The molecule has 0 saturated carbocycles. The summed E-state index contributed by atoms with van der Waals surface area (Å²) in [6.07, 6.45) is 0. The van der Waals surface area contributed by atoms with Gasteiger partial charge in [-0.15, -0.1) is 0 Å². The van der Waals surface area contributed by atoms with E-state index in [4.69, 9.17) is 0 Å². The maximum atomic E-state index is 3.43. The Bertz CT molecular complexity index is 318. The van der Waals surface area contributed by atoms with Gasteiger partial charge >= 0.3 is 0 Å². The molecule has 1 N–H and O–H groups in total. The Morgan fingerprint density at radius 2 is 2.17 bits per heavy atom. The topological polar surface area (TPSA) is 12.0 Å². The highest BCUT2D eigenvalue weighted by atomic mass is 14.9. The molecule has 1 aromatic carbocycles. The van der Waals surface area contributed by atoms with Gasteiger partial charge in [0.1, 0.15) is 7.85 Å². The highest BCUT2D eigenvalue weighted by Crippen LogP contribution is 2.33. The second kappa shape index (κ2) is 2.29. The van der Waals surface area contributed by atoms with Crippen LogP contribution in [-0.2, 0) is 5.41 Å². The molecule has 0 bridgehead atoms. The van der Waals surface area contributed by atoms with Crippen molar-refractivity contribution < 1.29 is 0 Å². The van der Waals surface area contributed by atoms with Crippen molar-refractivity contribution in [2.24, 2.45) is 0 Å². The molecular formula is C10H14BN. The van der Waals surface area contributed by atoms with E-state index in [9.17, 15) is 0 Å². The van der Waals surface area contributed by atoms with E-state index in [-0.39, 0.29) is 0 Å². The lowest BCUT2D eigenvalue weighted by atomic mass is 9.78. The predicted molar refractivity (Wildman–Crippen MR) is 56.1 cm³/mol. The van der Waals surface area contributed by atoms with E-state index < -0.39 is 0 Å². The predicted octanol–water partition coefficient (Wildman–Crippen LogP) is 0.648. The molecule has 1 heterocycles. The molecule has 1 nitrogen and oxygen atoms in total. The first-order valence-corrected chi connectivity index (χ1v) is 4.45. The van der Waals surface area contributed by atoms with Gasteiger partial charge in [0.15, 0.2) is 0 Å². The van der Waals surface area contributed by atoms with Gasteiger partial charge in [0, 0.05) is 17.6 Å². The van der Waals surface area contributed by atoms with Gasteiger partial charge in [0.2, 0.25) is 0 Å². The lowest BCUT2D eigenvalue weighted by molar-refractivity contribution is 0.589. The molecule has 0 unspecified atom stereocenters. The average molecular weight is 159 g/mol. The molecule has 0 atom stereocenters. The van der Waals surface area contributed by atoms with Crippen LogP contribution in [-0.4, -0.2) is 14.4 Å². The molecule has 0 amide bonds. The molecular weight excluding hydrogens is 145 g/mol. The van der Waals surface area contributed by atoms with Gasteiger partial charge in [-0.1, -0.05) is 31.4 Å². The Balaban J connectivity index is 2.64. The Morgan fingerprint density at radius 1 is 1.42 bits per heavy atom. The Hall–Kier alpha value is -0.915. The van der Waals surface area contributed by atoms with Crippen molar-refractivity contribution in [2.75, 3.05) is 11.9 Å². The Labute approximate surface area is 74.6 Å². The van der Waals surface area contributed by atoms with Gasteiger partial charge < -0.3 is 5.32 Å². The lowest BCUT2D eigenvalue weighted by Gasteiger charge is -2.19. The second-order valence-corrected chi connectivity index (χ2v) is 4.23. The summed E-state index contributed by atoms with van der Waals surface area (Å²) in [5.74, 6) is 0. The van der Waals surface area contributed by atoms with E-state index in [0.717, 1.165) is 6.54 Å². The minimum Gasteiger partial charge on any atom is -0.384 e. The summed E-state index contributed by atoms with van der Waals surface area (Å²) >= 11 is 0. The van der Waals surface area contributed by atoms with E-state index in [2.05, 4.69) is 45.2 Å². The minimum absolute atomic E-state index is 0.306. The van der Waals surface area contributed by atoms with Crippen LogP contribution in [0.2, 0.25) is 0 Å². The first-order valence-electron chi connectivity index (χ1n) is 4.45. The van der Waals surface area contributed by atoms with Gasteiger partial charge in [-0.05, 0) is 11.6 Å². The van der Waals surface area contributed by atoms with Gasteiger partial charge in [0.05, 0.1) is 0 Å². The molecule has 1 aliphatic heterocycles. The summed E-state index contributed by atoms with van der Waals surface area (Å²) in [5.41, 5.74) is 4.52. The molecule has 12 heavy (non-hydrogen) atoms.